The molecule has 38 heavy (non-hydrogen) atoms. The van der Waals surface area contributed by atoms with E-state index in [1.807, 2.05) is 12.1 Å². The lowest BCUT2D eigenvalue weighted by Crippen LogP contribution is -2.34. The van der Waals surface area contributed by atoms with Crippen molar-refractivity contribution in [2.45, 2.75) is 65.0 Å². The van der Waals surface area contributed by atoms with Crippen molar-refractivity contribution in [3.8, 4) is 11.3 Å². The molecule has 5 aromatic rings. The quantitative estimate of drug-likeness (QED) is 0.238. The van der Waals surface area contributed by atoms with Crippen LogP contribution < -0.4 is 0 Å². The van der Waals surface area contributed by atoms with Crippen LogP contribution in [0.3, 0.4) is 0 Å². The largest absolute Gasteiger partial charge is 0.437 e. The lowest BCUT2D eigenvalue weighted by atomic mass is 9.72. The van der Waals surface area contributed by atoms with Gasteiger partial charge < -0.3 is 4.42 Å². The van der Waals surface area contributed by atoms with Gasteiger partial charge in [0, 0.05) is 27.9 Å². The van der Waals surface area contributed by atoms with E-state index in [4.69, 9.17) is 4.42 Å². The Hall–Kier alpha value is -3.48. The summed E-state index contributed by atoms with van der Waals surface area (Å²) in [4.78, 5) is 13.6. The molecule has 1 aliphatic rings. The maximum absolute atomic E-state index is 13.4. The lowest BCUT2D eigenvalue weighted by Gasteiger charge is -2.35. The molecule has 0 unspecified atom stereocenters. The molecule has 196 valence electrons. The molecule has 3 heterocycles. The van der Waals surface area contributed by atoms with Crippen LogP contribution in [0.2, 0.25) is 0 Å². The monoisotopic (exact) mass is 517 g/mol. The molecule has 0 N–H and O–H groups in total. The molecule has 0 spiro atoms. The van der Waals surface area contributed by atoms with E-state index in [-0.39, 0.29) is 12.3 Å². The highest BCUT2D eigenvalue weighted by molar-refractivity contribution is 6.10. The number of benzene rings is 2. The topological polar surface area (TPSA) is 51.8 Å². The zero-order valence-electron chi connectivity index (χ0n) is 21.8. The van der Waals surface area contributed by atoms with E-state index < -0.39 is 11.6 Å². The Labute approximate surface area is 219 Å². The Morgan fingerprint density at radius 2 is 1.68 bits per heavy atom. The minimum atomic E-state index is -4.17. The van der Waals surface area contributed by atoms with Crippen molar-refractivity contribution in [1.29, 1.82) is 0 Å². The van der Waals surface area contributed by atoms with Crippen LogP contribution in [0.5, 0.6) is 0 Å². The number of halogens is 3. The second-order valence-electron chi connectivity index (χ2n) is 11.4. The molecule has 3 aromatic heterocycles. The molecule has 6 rings (SSSR count). The zero-order chi connectivity index (χ0) is 26.7. The first-order valence-corrected chi connectivity index (χ1v) is 13.2. The van der Waals surface area contributed by atoms with Gasteiger partial charge in [-0.25, -0.2) is 15.0 Å². The molecule has 0 radical (unpaired) electrons. The maximum atomic E-state index is 13.4. The second-order valence-corrected chi connectivity index (χ2v) is 11.4. The molecule has 0 atom stereocenters. The first-order valence-electron chi connectivity index (χ1n) is 13.2. The Kier molecular flexibility index (Phi) is 5.93. The third-order valence-electron chi connectivity index (χ3n) is 8.29. The van der Waals surface area contributed by atoms with Gasteiger partial charge in [0.2, 0.25) is 5.71 Å². The van der Waals surface area contributed by atoms with Gasteiger partial charge in [0.15, 0.2) is 0 Å². The van der Waals surface area contributed by atoms with E-state index >= 15 is 0 Å². The van der Waals surface area contributed by atoms with E-state index in [0.717, 1.165) is 69.8 Å². The van der Waals surface area contributed by atoms with Crippen LogP contribution in [0.15, 0.2) is 59.4 Å². The molecule has 1 aliphatic carbocycles. The summed E-state index contributed by atoms with van der Waals surface area (Å²) < 4.78 is 46.3. The first kappa shape index (κ1) is 24.8. The van der Waals surface area contributed by atoms with Gasteiger partial charge in [-0.05, 0) is 92.3 Å². The Bertz CT molecular complexity index is 1650. The molecule has 0 bridgehead atoms. The minimum Gasteiger partial charge on any atom is -0.437 e. The molecule has 1 fully saturated rings. The average molecular weight is 518 g/mol. The van der Waals surface area contributed by atoms with Crippen molar-refractivity contribution in [2.24, 2.45) is 11.3 Å². The molecule has 0 aliphatic heterocycles. The van der Waals surface area contributed by atoms with Gasteiger partial charge in [0.1, 0.15) is 11.9 Å². The number of rotatable bonds is 4. The van der Waals surface area contributed by atoms with Crippen molar-refractivity contribution in [2.75, 3.05) is 0 Å². The number of fused-ring (bicyclic) bond motifs is 4. The van der Waals surface area contributed by atoms with E-state index in [2.05, 4.69) is 52.2 Å². The number of aryl methyl sites for hydroxylation is 1. The van der Waals surface area contributed by atoms with Crippen LogP contribution >= 0.6 is 0 Å². The molecular weight excluding hydrogens is 487 g/mol. The van der Waals surface area contributed by atoms with E-state index in [0.29, 0.717) is 11.6 Å². The summed E-state index contributed by atoms with van der Waals surface area (Å²) in [6.07, 6.45) is 2.77. The van der Waals surface area contributed by atoms with E-state index in [1.54, 1.807) is 12.5 Å². The molecule has 4 nitrogen and oxygen atoms in total. The van der Waals surface area contributed by atoms with Crippen molar-refractivity contribution >= 4 is 33.0 Å². The lowest BCUT2D eigenvalue weighted by molar-refractivity contribution is -0.217. The van der Waals surface area contributed by atoms with Crippen molar-refractivity contribution < 1.29 is 17.6 Å². The third-order valence-corrected chi connectivity index (χ3v) is 8.29. The fraction of sp³-hybridized carbons (Fsp3) is 0.387. The maximum Gasteiger partial charge on any atom is 0.393 e. The van der Waals surface area contributed by atoms with Gasteiger partial charge in [-0.1, -0.05) is 26.0 Å². The summed E-state index contributed by atoms with van der Waals surface area (Å²) in [5.41, 5.74) is 4.59. The summed E-state index contributed by atoms with van der Waals surface area (Å²) in [6.45, 7) is 4.71. The fourth-order valence-corrected chi connectivity index (χ4v) is 6.11. The highest BCUT2D eigenvalue weighted by Crippen LogP contribution is 2.47. The predicted molar refractivity (Wildman–Crippen MR) is 144 cm³/mol. The predicted octanol–water partition coefficient (Wildman–Crippen LogP) is 9.15. The molecule has 0 saturated heterocycles. The van der Waals surface area contributed by atoms with Gasteiger partial charge >= 0.3 is 6.18 Å². The molecule has 7 heteroatoms. The Morgan fingerprint density at radius 3 is 2.45 bits per heavy atom. The summed E-state index contributed by atoms with van der Waals surface area (Å²) in [7, 11) is 0. The minimum absolute atomic E-state index is 0.110. The number of pyridine rings is 1. The first-order chi connectivity index (χ1) is 18.1. The van der Waals surface area contributed by atoms with Gasteiger partial charge in [-0.2, -0.15) is 13.2 Å². The third kappa shape index (κ3) is 4.32. The fourth-order valence-electron chi connectivity index (χ4n) is 6.11. The number of hydrogen-bond donors (Lipinski definition) is 0. The SMILES string of the molecule is Cc1cc(-c2ncnc3cc(C4CCC(CC(C)(C)C(F)(F)F)CC4)ccc23)c2oc3ncccc3c2c1. The van der Waals surface area contributed by atoms with Crippen molar-refractivity contribution in [3.05, 3.63) is 66.1 Å². The molecule has 0 amide bonds. The molecule has 2 aromatic carbocycles. The normalized spacial score (nSPS) is 19.0. The number of alkyl halides is 3. The Morgan fingerprint density at radius 1 is 0.895 bits per heavy atom. The van der Waals surface area contributed by atoms with Crippen LogP contribution in [0.25, 0.3) is 44.2 Å². The summed E-state index contributed by atoms with van der Waals surface area (Å²) in [5, 5.41) is 2.93. The van der Waals surface area contributed by atoms with E-state index in [9.17, 15) is 13.2 Å². The highest BCUT2D eigenvalue weighted by atomic mass is 19.4. The van der Waals surface area contributed by atoms with Gasteiger partial charge in [-0.3, -0.25) is 0 Å². The zero-order valence-corrected chi connectivity index (χ0v) is 21.8. The number of furan rings is 1. The van der Waals surface area contributed by atoms with Gasteiger partial charge in [0.05, 0.1) is 16.6 Å². The number of aromatic nitrogens is 3. The van der Waals surface area contributed by atoms with Crippen molar-refractivity contribution in [3.63, 3.8) is 0 Å². The van der Waals surface area contributed by atoms with Crippen LogP contribution in [-0.4, -0.2) is 21.1 Å². The van der Waals surface area contributed by atoms with Crippen LogP contribution in [0, 0.1) is 18.3 Å². The number of nitrogens with zero attached hydrogens (tertiary/aromatic N) is 3. The smallest absolute Gasteiger partial charge is 0.393 e. The van der Waals surface area contributed by atoms with Crippen molar-refractivity contribution in [1.82, 2.24) is 15.0 Å². The highest BCUT2D eigenvalue weighted by Gasteiger charge is 2.48. The summed E-state index contributed by atoms with van der Waals surface area (Å²) in [5.74, 6) is 0.439. The van der Waals surface area contributed by atoms with Crippen LogP contribution in [0.1, 0.15) is 63.0 Å². The van der Waals surface area contributed by atoms with Crippen LogP contribution in [-0.2, 0) is 0 Å². The number of hydrogen-bond acceptors (Lipinski definition) is 4. The van der Waals surface area contributed by atoms with Crippen LogP contribution in [0.4, 0.5) is 13.2 Å². The van der Waals surface area contributed by atoms with Gasteiger partial charge in [0.25, 0.3) is 0 Å². The van der Waals surface area contributed by atoms with Gasteiger partial charge in [-0.15, -0.1) is 0 Å². The average Bonchev–Trinajstić information content (AvgIpc) is 3.26. The molecule has 1 saturated carbocycles. The summed E-state index contributed by atoms with van der Waals surface area (Å²) >= 11 is 0. The summed E-state index contributed by atoms with van der Waals surface area (Å²) in [6, 6.07) is 14.5. The standard InChI is InChI=1S/C31H30F3N3O/c1-18-13-24-22-5-4-12-35-29(22)38-28(24)25(14-18)27-23-11-10-21(15-26(23)36-17-37-27)20-8-6-19(7-9-20)16-30(2,3)31(32,33)34/h4-5,10-15,17,19-20H,6-9,16H2,1-3H3. The Balaban J connectivity index is 1.30. The molecular formula is C31H30F3N3O. The van der Waals surface area contributed by atoms with E-state index in [1.165, 1.54) is 19.4 Å². The second kappa shape index (κ2) is 9.07.